The number of thiocarbonyl (C=S) groups is 1. The lowest BCUT2D eigenvalue weighted by Crippen LogP contribution is -2.37. The summed E-state index contributed by atoms with van der Waals surface area (Å²) < 4.78 is 29.9. The van der Waals surface area contributed by atoms with E-state index in [1.807, 2.05) is 17.0 Å². The van der Waals surface area contributed by atoms with E-state index in [0.717, 1.165) is 5.69 Å². The van der Waals surface area contributed by atoms with Crippen LogP contribution in [0.4, 0.5) is 17.1 Å². The lowest BCUT2D eigenvalue weighted by molar-refractivity contribution is -0.384. The Hall–Kier alpha value is -2.72. The molecular formula is C18H17N3O5S2. The number of nitrogens with zero attached hydrogens (tertiary/aromatic N) is 3. The fourth-order valence-corrected chi connectivity index (χ4v) is 6.19. The number of hydrogen-bond donors (Lipinski definition) is 0. The summed E-state index contributed by atoms with van der Waals surface area (Å²) in [4.78, 5) is 14.1. The van der Waals surface area contributed by atoms with Gasteiger partial charge in [-0.05, 0) is 48.6 Å². The number of benzene rings is 2. The molecule has 8 nitrogen and oxygen atoms in total. The Kier molecular flexibility index (Phi) is 4.47. The van der Waals surface area contributed by atoms with Gasteiger partial charge in [-0.3, -0.25) is 10.1 Å². The van der Waals surface area contributed by atoms with Gasteiger partial charge in [-0.2, -0.15) is 0 Å². The van der Waals surface area contributed by atoms with Crippen molar-refractivity contribution < 1.29 is 18.1 Å². The molecule has 2 heterocycles. The van der Waals surface area contributed by atoms with Crippen molar-refractivity contribution >= 4 is 44.2 Å². The van der Waals surface area contributed by atoms with Crippen molar-refractivity contribution in [3.63, 3.8) is 0 Å². The highest BCUT2D eigenvalue weighted by Gasteiger charge is 2.52. The molecule has 146 valence electrons. The molecule has 0 radical (unpaired) electrons. The lowest BCUT2D eigenvalue weighted by Gasteiger charge is -2.25. The van der Waals surface area contributed by atoms with E-state index in [1.54, 1.807) is 36.3 Å². The zero-order valence-electron chi connectivity index (χ0n) is 14.9. The van der Waals surface area contributed by atoms with Crippen molar-refractivity contribution in [3.05, 3.63) is 58.6 Å². The Morgan fingerprint density at radius 3 is 1.89 bits per heavy atom. The van der Waals surface area contributed by atoms with E-state index >= 15 is 0 Å². The number of ether oxygens (including phenoxy) is 1. The summed E-state index contributed by atoms with van der Waals surface area (Å²) in [6.45, 7) is 0. The molecule has 2 aromatic carbocycles. The number of methoxy groups -OCH3 is 1. The minimum Gasteiger partial charge on any atom is -0.497 e. The summed E-state index contributed by atoms with van der Waals surface area (Å²) in [7, 11) is -1.65. The highest BCUT2D eigenvalue weighted by Crippen LogP contribution is 2.38. The van der Waals surface area contributed by atoms with Crippen LogP contribution in [0.1, 0.15) is 0 Å². The second-order valence-electron chi connectivity index (χ2n) is 6.71. The molecule has 2 aromatic rings. The second-order valence-corrected chi connectivity index (χ2v) is 9.22. The predicted octanol–water partition coefficient (Wildman–Crippen LogP) is 2.38. The Balaban J connectivity index is 1.74. The molecule has 0 bridgehead atoms. The van der Waals surface area contributed by atoms with Crippen LogP contribution in [0.25, 0.3) is 0 Å². The quantitative estimate of drug-likeness (QED) is 0.424. The maximum Gasteiger partial charge on any atom is 0.269 e. The largest absolute Gasteiger partial charge is 0.497 e. The molecule has 0 aromatic heterocycles. The number of rotatable bonds is 4. The molecule has 10 heteroatoms. The number of hydrogen-bond acceptors (Lipinski definition) is 6. The van der Waals surface area contributed by atoms with Crippen LogP contribution in [0.2, 0.25) is 0 Å². The molecule has 0 amide bonds. The smallest absolute Gasteiger partial charge is 0.269 e. The average Bonchev–Trinajstić information content (AvgIpc) is 3.10. The Labute approximate surface area is 167 Å². The first-order valence-electron chi connectivity index (χ1n) is 8.52. The van der Waals surface area contributed by atoms with E-state index in [1.165, 1.54) is 12.1 Å². The van der Waals surface area contributed by atoms with Crippen LogP contribution < -0.4 is 14.5 Å². The molecule has 0 aliphatic carbocycles. The third-order valence-electron chi connectivity index (χ3n) is 5.06. The molecule has 2 fully saturated rings. The fraction of sp³-hybridized carbons (Fsp3) is 0.278. The van der Waals surface area contributed by atoms with Crippen LogP contribution in [0.15, 0.2) is 48.5 Å². The minimum atomic E-state index is -3.22. The van der Waals surface area contributed by atoms with E-state index in [4.69, 9.17) is 17.0 Å². The van der Waals surface area contributed by atoms with Crippen LogP contribution in [-0.4, -0.2) is 49.2 Å². The summed E-state index contributed by atoms with van der Waals surface area (Å²) in [6, 6.07) is 12.6. The molecule has 2 aliphatic heterocycles. The van der Waals surface area contributed by atoms with Crippen molar-refractivity contribution in [2.24, 2.45) is 0 Å². The van der Waals surface area contributed by atoms with Crippen LogP contribution in [0.5, 0.6) is 5.75 Å². The first-order chi connectivity index (χ1) is 13.3. The van der Waals surface area contributed by atoms with E-state index in [9.17, 15) is 18.5 Å². The van der Waals surface area contributed by atoms with Gasteiger partial charge in [-0.25, -0.2) is 8.42 Å². The first-order valence-corrected chi connectivity index (χ1v) is 10.7. The summed E-state index contributed by atoms with van der Waals surface area (Å²) in [5.74, 6) is 0.686. The second kappa shape index (κ2) is 6.71. The van der Waals surface area contributed by atoms with Gasteiger partial charge in [-0.1, -0.05) is 0 Å². The Morgan fingerprint density at radius 2 is 1.46 bits per heavy atom. The Bertz CT molecular complexity index is 1040. The predicted molar refractivity (Wildman–Crippen MR) is 110 cm³/mol. The van der Waals surface area contributed by atoms with Gasteiger partial charge in [0.05, 0.1) is 35.6 Å². The number of non-ortho nitro benzene ring substituents is 1. The SMILES string of the molecule is COc1ccc(N2C(=S)N(c3ccc([N+](=O)[O-])cc3)[C@@H]3CS(=O)(=O)C[C@H]32)cc1. The molecule has 0 N–H and O–H groups in total. The number of nitro groups is 1. The first kappa shape index (κ1) is 18.6. The summed E-state index contributed by atoms with van der Waals surface area (Å²) in [6.07, 6.45) is 0. The highest BCUT2D eigenvalue weighted by atomic mass is 32.2. The maximum atomic E-state index is 12.3. The molecule has 0 unspecified atom stereocenters. The zero-order valence-corrected chi connectivity index (χ0v) is 16.5. The normalized spacial score (nSPS) is 23.0. The van der Waals surface area contributed by atoms with Crippen LogP contribution >= 0.6 is 12.2 Å². The van der Waals surface area contributed by atoms with E-state index in [-0.39, 0.29) is 29.3 Å². The number of fused-ring (bicyclic) bond motifs is 1. The molecule has 28 heavy (non-hydrogen) atoms. The molecule has 2 saturated heterocycles. The zero-order chi connectivity index (χ0) is 20.1. The van der Waals surface area contributed by atoms with Crippen molar-refractivity contribution in [2.75, 3.05) is 28.4 Å². The minimum absolute atomic E-state index is 0.00726. The van der Waals surface area contributed by atoms with Crippen molar-refractivity contribution in [2.45, 2.75) is 12.1 Å². The van der Waals surface area contributed by atoms with Gasteiger partial charge in [0.25, 0.3) is 5.69 Å². The van der Waals surface area contributed by atoms with Gasteiger partial charge in [0.1, 0.15) is 5.75 Å². The lowest BCUT2D eigenvalue weighted by atomic mass is 10.1. The van der Waals surface area contributed by atoms with Crippen LogP contribution in [0.3, 0.4) is 0 Å². The third-order valence-corrected chi connectivity index (χ3v) is 7.15. The molecule has 0 saturated carbocycles. The summed E-state index contributed by atoms with van der Waals surface area (Å²) in [5.41, 5.74) is 1.39. The summed E-state index contributed by atoms with van der Waals surface area (Å²) in [5, 5.41) is 11.4. The standard InChI is InChI=1S/C18H17N3O5S2/c1-26-15-8-6-13(7-9-15)20-17-11-28(24,25)10-16(17)19(18(20)27)12-2-4-14(5-3-12)21(22)23/h2-9,16-17H,10-11H2,1H3/t16-,17-/m1/s1. The monoisotopic (exact) mass is 419 g/mol. The van der Waals surface area contributed by atoms with Crippen LogP contribution in [-0.2, 0) is 9.84 Å². The van der Waals surface area contributed by atoms with Gasteiger partial charge >= 0.3 is 0 Å². The Morgan fingerprint density at radius 1 is 1.00 bits per heavy atom. The van der Waals surface area contributed by atoms with Gasteiger partial charge < -0.3 is 14.5 Å². The van der Waals surface area contributed by atoms with Gasteiger partial charge in [0.15, 0.2) is 14.9 Å². The van der Waals surface area contributed by atoms with Gasteiger partial charge in [-0.15, -0.1) is 0 Å². The third kappa shape index (κ3) is 3.08. The molecule has 2 aliphatic rings. The van der Waals surface area contributed by atoms with Crippen molar-refractivity contribution in [3.8, 4) is 5.75 Å². The molecule has 2 atom stereocenters. The maximum absolute atomic E-state index is 12.3. The highest BCUT2D eigenvalue weighted by molar-refractivity contribution is 7.91. The van der Waals surface area contributed by atoms with Gasteiger partial charge in [0.2, 0.25) is 0 Å². The topological polar surface area (TPSA) is 93.0 Å². The number of sulfone groups is 1. The average molecular weight is 419 g/mol. The fourth-order valence-electron chi connectivity index (χ4n) is 3.79. The number of anilines is 2. The van der Waals surface area contributed by atoms with E-state index in [2.05, 4.69) is 0 Å². The number of nitro benzene ring substituents is 1. The summed E-state index contributed by atoms with van der Waals surface area (Å²) >= 11 is 5.69. The molecule has 4 rings (SSSR count). The molecule has 0 spiro atoms. The van der Waals surface area contributed by atoms with Gasteiger partial charge in [0, 0.05) is 23.5 Å². The van der Waals surface area contributed by atoms with E-state index in [0.29, 0.717) is 16.5 Å². The van der Waals surface area contributed by atoms with E-state index < -0.39 is 14.8 Å². The van der Waals surface area contributed by atoms with Crippen LogP contribution in [0, 0.1) is 10.1 Å². The van der Waals surface area contributed by atoms with Crippen molar-refractivity contribution in [1.82, 2.24) is 0 Å². The molecular weight excluding hydrogens is 402 g/mol. The van der Waals surface area contributed by atoms with Crippen molar-refractivity contribution in [1.29, 1.82) is 0 Å².